The van der Waals surface area contributed by atoms with Crippen LogP contribution in [-0.2, 0) is 0 Å². The predicted octanol–water partition coefficient (Wildman–Crippen LogP) is 5.73. The Kier molecular flexibility index (Phi) is 9.12. The lowest BCUT2D eigenvalue weighted by molar-refractivity contribution is 0.0734. The summed E-state index contributed by atoms with van der Waals surface area (Å²) in [6.45, 7) is 6.32. The van der Waals surface area contributed by atoms with E-state index in [1.54, 1.807) is 0 Å². The van der Waals surface area contributed by atoms with Gasteiger partial charge in [0.15, 0.2) is 0 Å². The molecule has 0 aromatic heterocycles. The van der Waals surface area contributed by atoms with Crippen molar-refractivity contribution in [3.8, 4) is 11.1 Å². The van der Waals surface area contributed by atoms with Crippen molar-refractivity contribution in [2.75, 3.05) is 52.6 Å². The molecule has 2 aliphatic rings. The van der Waals surface area contributed by atoms with Crippen LogP contribution in [0.25, 0.3) is 11.1 Å². The van der Waals surface area contributed by atoms with Crippen LogP contribution in [0.4, 0.5) is 4.79 Å². The summed E-state index contributed by atoms with van der Waals surface area (Å²) in [7, 11) is 3.80. The Bertz CT molecular complexity index is 1280. The first-order chi connectivity index (χ1) is 19.4. The zero-order valence-corrected chi connectivity index (χ0v) is 24.6. The number of likely N-dealkylation sites (tertiary alicyclic amines) is 2. The van der Waals surface area contributed by atoms with Crippen molar-refractivity contribution in [1.29, 1.82) is 0 Å². The molecule has 2 heterocycles. The molecule has 0 saturated carbocycles. The summed E-state index contributed by atoms with van der Waals surface area (Å²) in [6, 6.07) is 27.1. The van der Waals surface area contributed by atoms with Crippen molar-refractivity contribution in [2.45, 2.75) is 36.7 Å². The van der Waals surface area contributed by atoms with E-state index in [-0.39, 0.29) is 24.0 Å². The summed E-state index contributed by atoms with van der Waals surface area (Å²) >= 11 is 1.88. The van der Waals surface area contributed by atoms with E-state index in [4.69, 9.17) is 0 Å². The SMILES string of the molecule is Cc1ccc(-c2ccc(C(=O)N(C)[C@H]3CCN(C(=O)N(C)C4CCN(CCSc5ccccc5)C4)C3)cc2)cc1. The number of nitrogens with zero attached hydrogens (tertiary/aromatic N) is 4. The Hall–Kier alpha value is -3.29. The summed E-state index contributed by atoms with van der Waals surface area (Å²) in [5.41, 5.74) is 4.15. The largest absolute Gasteiger partial charge is 0.337 e. The Morgan fingerprint density at radius 3 is 2.12 bits per heavy atom. The van der Waals surface area contributed by atoms with Gasteiger partial charge in [-0.1, -0.05) is 60.2 Å². The second-order valence-corrected chi connectivity index (χ2v) is 12.2. The second kappa shape index (κ2) is 12.9. The molecular weight excluding hydrogens is 516 g/mol. The van der Waals surface area contributed by atoms with Crippen LogP contribution in [-0.4, -0.2) is 96.2 Å². The number of aryl methyl sites for hydroxylation is 1. The summed E-state index contributed by atoms with van der Waals surface area (Å²) in [6.07, 6.45) is 1.81. The standard InChI is InChI=1S/C33H40N4O2S/c1-25-9-11-26(12-10-25)27-13-15-28(16-14-27)32(38)34(2)30-18-20-37(24-30)33(39)35(3)29-17-19-36(23-29)21-22-40-31-7-5-4-6-8-31/h4-16,29-30H,17-24H2,1-3H3/t29?,30-/m0/s1. The first-order valence-corrected chi connectivity index (χ1v) is 15.2. The van der Waals surface area contributed by atoms with Gasteiger partial charge in [0, 0.05) is 69.1 Å². The Morgan fingerprint density at radius 1 is 0.800 bits per heavy atom. The third kappa shape index (κ3) is 6.70. The number of rotatable bonds is 8. The van der Waals surface area contributed by atoms with Crippen LogP contribution in [0.2, 0.25) is 0 Å². The summed E-state index contributed by atoms with van der Waals surface area (Å²) in [5.74, 6) is 1.06. The fraction of sp³-hybridized carbons (Fsp3) is 0.394. The number of carbonyl (C=O) groups is 2. The lowest BCUT2D eigenvalue weighted by Crippen LogP contribution is -2.47. The molecule has 5 rings (SSSR count). The maximum absolute atomic E-state index is 13.4. The fourth-order valence-electron chi connectivity index (χ4n) is 5.67. The van der Waals surface area contributed by atoms with Crippen LogP contribution in [0.5, 0.6) is 0 Å². The average Bonchev–Trinajstić information content (AvgIpc) is 3.67. The van der Waals surface area contributed by atoms with E-state index in [0.29, 0.717) is 18.7 Å². The minimum atomic E-state index is 0.00270. The van der Waals surface area contributed by atoms with Gasteiger partial charge in [-0.2, -0.15) is 0 Å². The smallest absolute Gasteiger partial charge is 0.320 e. The molecule has 3 amide bonds. The van der Waals surface area contributed by atoms with Gasteiger partial charge in [-0.3, -0.25) is 4.79 Å². The molecule has 1 unspecified atom stereocenters. The molecule has 2 fully saturated rings. The highest BCUT2D eigenvalue weighted by molar-refractivity contribution is 7.99. The molecule has 0 N–H and O–H groups in total. The quantitative estimate of drug-likeness (QED) is 0.333. The number of hydrogen-bond donors (Lipinski definition) is 0. The topological polar surface area (TPSA) is 47.1 Å². The maximum Gasteiger partial charge on any atom is 0.320 e. The predicted molar refractivity (Wildman–Crippen MR) is 164 cm³/mol. The van der Waals surface area contributed by atoms with E-state index in [0.717, 1.165) is 49.4 Å². The first kappa shape index (κ1) is 28.2. The molecular formula is C33H40N4O2S. The molecule has 2 atom stereocenters. The molecule has 3 aromatic carbocycles. The monoisotopic (exact) mass is 556 g/mol. The number of hydrogen-bond acceptors (Lipinski definition) is 4. The molecule has 0 radical (unpaired) electrons. The molecule has 2 aliphatic heterocycles. The van der Waals surface area contributed by atoms with Gasteiger partial charge in [-0.25, -0.2) is 4.79 Å². The van der Waals surface area contributed by atoms with Crippen LogP contribution < -0.4 is 0 Å². The van der Waals surface area contributed by atoms with Gasteiger partial charge in [0.05, 0.1) is 6.04 Å². The highest BCUT2D eigenvalue weighted by Crippen LogP contribution is 2.24. The molecule has 210 valence electrons. The maximum atomic E-state index is 13.4. The number of urea groups is 1. The first-order valence-electron chi connectivity index (χ1n) is 14.3. The number of thioether (sulfide) groups is 1. The van der Waals surface area contributed by atoms with Gasteiger partial charge in [0.1, 0.15) is 0 Å². The van der Waals surface area contributed by atoms with Crippen LogP contribution in [0.15, 0.2) is 83.8 Å². The molecule has 0 aliphatic carbocycles. The van der Waals surface area contributed by atoms with E-state index < -0.39 is 0 Å². The third-order valence-electron chi connectivity index (χ3n) is 8.34. The average molecular weight is 557 g/mol. The van der Waals surface area contributed by atoms with E-state index >= 15 is 0 Å². The molecule has 7 heteroatoms. The van der Waals surface area contributed by atoms with Crippen LogP contribution in [0.1, 0.15) is 28.8 Å². The highest BCUT2D eigenvalue weighted by atomic mass is 32.2. The van der Waals surface area contributed by atoms with Gasteiger partial charge in [-0.05, 0) is 55.2 Å². The Labute approximate surface area is 242 Å². The van der Waals surface area contributed by atoms with Gasteiger partial charge < -0.3 is 19.6 Å². The minimum absolute atomic E-state index is 0.00270. The van der Waals surface area contributed by atoms with Gasteiger partial charge in [0.25, 0.3) is 5.91 Å². The van der Waals surface area contributed by atoms with Crippen LogP contribution in [0.3, 0.4) is 0 Å². The number of amides is 3. The molecule has 0 spiro atoms. The van der Waals surface area contributed by atoms with E-state index in [2.05, 4.69) is 60.4 Å². The van der Waals surface area contributed by atoms with Crippen molar-refractivity contribution in [3.05, 3.63) is 90.0 Å². The summed E-state index contributed by atoms with van der Waals surface area (Å²) in [4.78, 5) is 36.1. The van der Waals surface area contributed by atoms with Crippen molar-refractivity contribution in [1.82, 2.24) is 19.6 Å². The molecule has 3 aromatic rings. The Morgan fingerprint density at radius 2 is 1.43 bits per heavy atom. The Balaban J connectivity index is 1.09. The van der Waals surface area contributed by atoms with Crippen LogP contribution in [0, 0.1) is 6.92 Å². The van der Waals surface area contributed by atoms with Gasteiger partial charge in [0.2, 0.25) is 0 Å². The number of carbonyl (C=O) groups excluding carboxylic acids is 2. The summed E-state index contributed by atoms with van der Waals surface area (Å²) < 4.78 is 0. The lowest BCUT2D eigenvalue weighted by Gasteiger charge is -2.30. The second-order valence-electron chi connectivity index (χ2n) is 11.0. The molecule has 40 heavy (non-hydrogen) atoms. The molecule has 0 bridgehead atoms. The highest BCUT2D eigenvalue weighted by Gasteiger charge is 2.35. The summed E-state index contributed by atoms with van der Waals surface area (Å²) in [5, 5.41) is 0. The van der Waals surface area contributed by atoms with Crippen molar-refractivity contribution in [3.63, 3.8) is 0 Å². The van der Waals surface area contributed by atoms with Gasteiger partial charge >= 0.3 is 6.03 Å². The zero-order chi connectivity index (χ0) is 28.1. The lowest BCUT2D eigenvalue weighted by atomic mass is 10.0. The third-order valence-corrected chi connectivity index (χ3v) is 9.33. The van der Waals surface area contributed by atoms with E-state index in [9.17, 15) is 9.59 Å². The minimum Gasteiger partial charge on any atom is -0.337 e. The van der Waals surface area contributed by atoms with Crippen molar-refractivity contribution in [2.24, 2.45) is 0 Å². The van der Waals surface area contributed by atoms with E-state index in [1.807, 2.05) is 70.9 Å². The fourth-order valence-corrected chi connectivity index (χ4v) is 6.61. The zero-order valence-electron chi connectivity index (χ0n) is 23.8. The van der Waals surface area contributed by atoms with Crippen molar-refractivity contribution >= 4 is 23.7 Å². The molecule has 2 saturated heterocycles. The molecule has 6 nitrogen and oxygen atoms in total. The van der Waals surface area contributed by atoms with E-state index in [1.165, 1.54) is 10.5 Å². The number of benzene rings is 3. The van der Waals surface area contributed by atoms with Gasteiger partial charge in [-0.15, -0.1) is 11.8 Å². The van der Waals surface area contributed by atoms with Crippen LogP contribution >= 0.6 is 11.8 Å². The normalized spacial score (nSPS) is 19.1. The number of likely N-dealkylation sites (N-methyl/N-ethyl adjacent to an activating group) is 2. The van der Waals surface area contributed by atoms with Crippen molar-refractivity contribution < 1.29 is 9.59 Å².